The van der Waals surface area contributed by atoms with E-state index in [1.165, 1.54) is 0 Å². The molecule has 0 saturated heterocycles. The van der Waals surface area contributed by atoms with Gasteiger partial charge in [0, 0.05) is 18.4 Å². The number of rotatable bonds is 3. The molecule has 1 aromatic carbocycles. The van der Waals surface area contributed by atoms with Gasteiger partial charge in [0.05, 0.1) is 18.4 Å². The lowest BCUT2D eigenvalue weighted by Crippen LogP contribution is -2.26. The first kappa shape index (κ1) is 16.3. The SMILES string of the molecule is COc1ccccc1NC(=O)c1oc2c(c1C)C(=O)CC(C)(C)C2. The molecule has 24 heavy (non-hydrogen) atoms. The first-order valence-corrected chi connectivity index (χ1v) is 7.92. The highest BCUT2D eigenvalue weighted by Gasteiger charge is 2.37. The van der Waals surface area contributed by atoms with Crippen molar-refractivity contribution < 1.29 is 18.7 Å². The van der Waals surface area contributed by atoms with E-state index in [9.17, 15) is 9.59 Å². The Labute approximate surface area is 141 Å². The highest BCUT2D eigenvalue weighted by atomic mass is 16.5. The van der Waals surface area contributed by atoms with Crippen LogP contribution < -0.4 is 10.1 Å². The summed E-state index contributed by atoms with van der Waals surface area (Å²) in [4.78, 5) is 25.0. The maximum Gasteiger partial charge on any atom is 0.291 e. The molecule has 1 aliphatic rings. The average molecular weight is 327 g/mol. The van der Waals surface area contributed by atoms with E-state index in [1.54, 1.807) is 26.2 Å². The second kappa shape index (κ2) is 5.82. The number of methoxy groups -OCH3 is 1. The lowest BCUT2D eigenvalue weighted by atomic mass is 9.76. The van der Waals surface area contributed by atoms with Crippen LogP contribution in [0.5, 0.6) is 5.75 Å². The molecule has 0 atom stereocenters. The van der Waals surface area contributed by atoms with Gasteiger partial charge in [-0.3, -0.25) is 9.59 Å². The number of hydrogen-bond acceptors (Lipinski definition) is 4. The molecule has 0 bridgehead atoms. The first-order valence-electron chi connectivity index (χ1n) is 7.92. The molecule has 3 rings (SSSR count). The van der Waals surface area contributed by atoms with Crippen LogP contribution in [-0.4, -0.2) is 18.8 Å². The van der Waals surface area contributed by atoms with Crippen molar-refractivity contribution in [2.45, 2.75) is 33.6 Å². The Balaban J connectivity index is 1.94. The van der Waals surface area contributed by atoms with Crippen molar-refractivity contribution in [1.82, 2.24) is 0 Å². The topological polar surface area (TPSA) is 68.5 Å². The van der Waals surface area contributed by atoms with Crippen LogP contribution in [0, 0.1) is 12.3 Å². The lowest BCUT2D eigenvalue weighted by Gasteiger charge is -2.27. The second-order valence-corrected chi connectivity index (χ2v) is 6.95. The lowest BCUT2D eigenvalue weighted by molar-refractivity contribution is 0.0898. The van der Waals surface area contributed by atoms with Crippen molar-refractivity contribution >= 4 is 17.4 Å². The summed E-state index contributed by atoms with van der Waals surface area (Å²) in [5.74, 6) is 1.03. The number of Topliss-reactive ketones (excluding diaryl/α,β-unsaturated/α-hetero) is 1. The fraction of sp³-hybridized carbons (Fsp3) is 0.368. The van der Waals surface area contributed by atoms with E-state index in [0.29, 0.717) is 41.2 Å². The number of fused-ring (bicyclic) bond motifs is 1. The fourth-order valence-electron chi connectivity index (χ4n) is 3.23. The number of anilines is 1. The third-order valence-electron chi connectivity index (χ3n) is 4.34. The van der Waals surface area contributed by atoms with Gasteiger partial charge in [-0.15, -0.1) is 0 Å². The van der Waals surface area contributed by atoms with Crippen molar-refractivity contribution in [2.24, 2.45) is 5.41 Å². The zero-order chi connectivity index (χ0) is 17.5. The molecular formula is C19H21NO4. The minimum absolute atomic E-state index is 0.0406. The number of furan rings is 1. The Morgan fingerprint density at radius 2 is 1.96 bits per heavy atom. The molecule has 1 aliphatic carbocycles. The van der Waals surface area contributed by atoms with Gasteiger partial charge in [0.15, 0.2) is 11.5 Å². The maximum absolute atomic E-state index is 12.6. The number of carbonyl (C=O) groups excluding carboxylic acids is 2. The molecule has 0 fully saturated rings. The summed E-state index contributed by atoms with van der Waals surface area (Å²) in [5.41, 5.74) is 1.59. The van der Waals surface area contributed by atoms with Crippen molar-refractivity contribution in [2.75, 3.05) is 12.4 Å². The van der Waals surface area contributed by atoms with Crippen molar-refractivity contribution in [1.29, 1.82) is 0 Å². The predicted octanol–water partition coefficient (Wildman–Crippen LogP) is 4.00. The summed E-state index contributed by atoms with van der Waals surface area (Å²) in [6.45, 7) is 5.82. The Morgan fingerprint density at radius 3 is 2.67 bits per heavy atom. The molecule has 1 aromatic heterocycles. The normalized spacial score (nSPS) is 15.8. The summed E-state index contributed by atoms with van der Waals surface area (Å²) < 4.78 is 11.0. The number of amides is 1. The van der Waals surface area contributed by atoms with Gasteiger partial charge in [-0.25, -0.2) is 0 Å². The Morgan fingerprint density at radius 1 is 1.25 bits per heavy atom. The molecule has 5 heteroatoms. The van der Waals surface area contributed by atoms with Crippen LogP contribution in [0.4, 0.5) is 5.69 Å². The fourth-order valence-corrected chi connectivity index (χ4v) is 3.23. The number of nitrogens with one attached hydrogen (secondary N) is 1. The van der Waals surface area contributed by atoms with Gasteiger partial charge in [0.1, 0.15) is 11.5 Å². The third kappa shape index (κ3) is 2.82. The van der Waals surface area contributed by atoms with Gasteiger partial charge in [-0.05, 0) is 24.5 Å². The molecule has 0 aliphatic heterocycles. The third-order valence-corrected chi connectivity index (χ3v) is 4.34. The molecule has 0 saturated carbocycles. The van der Waals surface area contributed by atoms with E-state index in [1.807, 2.05) is 26.0 Å². The van der Waals surface area contributed by atoms with Crippen LogP contribution in [-0.2, 0) is 6.42 Å². The molecule has 1 heterocycles. The Kier molecular flexibility index (Phi) is 3.95. The number of ether oxygens (including phenoxy) is 1. The van der Waals surface area contributed by atoms with E-state index in [0.717, 1.165) is 0 Å². The van der Waals surface area contributed by atoms with Crippen LogP contribution in [0.1, 0.15) is 52.5 Å². The molecule has 5 nitrogen and oxygen atoms in total. The molecule has 2 aromatic rings. The smallest absolute Gasteiger partial charge is 0.291 e. The van der Waals surface area contributed by atoms with Crippen molar-refractivity contribution in [3.63, 3.8) is 0 Å². The summed E-state index contributed by atoms with van der Waals surface area (Å²) in [6.07, 6.45) is 1.12. The summed E-state index contributed by atoms with van der Waals surface area (Å²) in [6, 6.07) is 7.15. The van der Waals surface area contributed by atoms with Gasteiger partial charge in [-0.2, -0.15) is 0 Å². The monoisotopic (exact) mass is 327 g/mol. The standard InChI is InChI=1S/C19H21NO4/c1-11-16-13(21)9-19(2,3)10-15(16)24-17(11)18(22)20-12-7-5-6-8-14(12)23-4/h5-8H,9-10H2,1-4H3,(H,20,22). The van der Waals surface area contributed by atoms with Crippen LogP contribution in [0.2, 0.25) is 0 Å². The highest BCUT2D eigenvalue weighted by Crippen LogP contribution is 2.38. The van der Waals surface area contributed by atoms with E-state index in [2.05, 4.69) is 5.32 Å². The quantitative estimate of drug-likeness (QED) is 0.925. The maximum atomic E-state index is 12.6. The van der Waals surface area contributed by atoms with Gasteiger partial charge < -0.3 is 14.5 Å². The van der Waals surface area contributed by atoms with Crippen LogP contribution in [0.15, 0.2) is 28.7 Å². The van der Waals surface area contributed by atoms with E-state index < -0.39 is 0 Å². The molecule has 126 valence electrons. The minimum Gasteiger partial charge on any atom is -0.495 e. The first-order chi connectivity index (χ1) is 11.3. The van der Waals surface area contributed by atoms with E-state index in [4.69, 9.17) is 9.15 Å². The summed E-state index contributed by atoms with van der Waals surface area (Å²) in [5, 5.41) is 2.79. The molecule has 1 amide bonds. The molecule has 0 unspecified atom stereocenters. The minimum atomic E-state index is -0.378. The Hall–Kier alpha value is -2.56. The number of ketones is 1. The van der Waals surface area contributed by atoms with Gasteiger partial charge >= 0.3 is 0 Å². The van der Waals surface area contributed by atoms with Crippen LogP contribution >= 0.6 is 0 Å². The average Bonchev–Trinajstić information content (AvgIpc) is 2.83. The van der Waals surface area contributed by atoms with Crippen molar-refractivity contribution in [3.05, 3.63) is 46.9 Å². The number of hydrogen-bond donors (Lipinski definition) is 1. The molecule has 0 radical (unpaired) electrons. The molecular weight excluding hydrogens is 306 g/mol. The van der Waals surface area contributed by atoms with Crippen molar-refractivity contribution in [3.8, 4) is 5.75 Å². The number of para-hydroxylation sites is 2. The highest BCUT2D eigenvalue weighted by molar-refractivity contribution is 6.08. The largest absolute Gasteiger partial charge is 0.495 e. The van der Waals surface area contributed by atoms with Crippen LogP contribution in [0.25, 0.3) is 0 Å². The molecule has 1 N–H and O–H groups in total. The number of benzene rings is 1. The van der Waals surface area contributed by atoms with Crippen LogP contribution in [0.3, 0.4) is 0 Å². The van der Waals surface area contributed by atoms with Gasteiger partial charge in [0.25, 0.3) is 5.91 Å². The van der Waals surface area contributed by atoms with Gasteiger partial charge in [-0.1, -0.05) is 26.0 Å². The zero-order valence-corrected chi connectivity index (χ0v) is 14.4. The summed E-state index contributed by atoms with van der Waals surface area (Å²) in [7, 11) is 1.54. The predicted molar refractivity (Wildman–Crippen MR) is 90.8 cm³/mol. The Bertz CT molecular complexity index is 817. The second-order valence-electron chi connectivity index (χ2n) is 6.95. The van der Waals surface area contributed by atoms with E-state index >= 15 is 0 Å². The number of carbonyl (C=O) groups is 2. The van der Waals surface area contributed by atoms with E-state index in [-0.39, 0.29) is 22.9 Å². The van der Waals surface area contributed by atoms with Gasteiger partial charge in [0.2, 0.25) is 0 Å². The summed E-state index contributed by atoms with van der Waals surface area (Å²) >= 11 is 0. The molecule has 0 spiro atoms. The zero-order valence-electron chi connectivity index (χ0n) is 14.4.